The van der Waals surface area contributed by atoms with E-state index in [2.05, 4.69) is 22.6 Å². The Morgan fingerprint density at radius 2 is 1.84 bits per heavy atom. The van der Waals surface area contributed by atoms with Crippen molar-refractivity contribution in [3.8, 4) is 0 Å². The molecule has 0 aromatic carbocycles. The number of esters is 1. The first-order valence-electron chi connectivity index (χ1n) is 4.95. The van der Waals surface area contributed by atoms with E-state index in [9.17, 15) is 13.2 Å². The molecule has 0 unspecified atom stereocenters. The van der Waals surface area contributed by atoms with E-state index in [1.54, 1.807) is 0 Å². The number of hydrogen-bond acceptors (Lipinski definition) is 6. The molecule has 0 heterocycles. The van der Waals surface area contributed by atoms with Gasteiger partial charge in [-0.05, 0) is 6.42 Å². The second-order valence-electron chi connectivity index (χ2n) is 2.77. The van der Waals surface area contributed by atoms with E-state index in [1.807, 2.05) is 0 Å². The van der Waals surface area contributed by atoms with Gasteiger partial charge in [-0.3, -0.25) is 4.55 Å². The van der Waals surface area contributed by atoms with E-state index in [0.29, 0.717) is 0 Å². The molecule has 0 rings (SSSR count). The minimum atomic E-state index is -3.82. The van der Waals surface area contributed by atoms with Crippen molar-refractivity contribution in [1.29, 1.82) is 0 Å². The van der Waals surface area contributed by atoms with Crippen LogP contribution in [0, 0.1) is 0 Å². The molecule has 108 valence electrons. The number of aliphatic hydroxyl groups is 1. The summed E-state index contributed by atoms with van der Waals surface area (Å²) in [5.41, 5.74) is 0. The van der Waals surface area contributed by atoms with Crippen molar-refractivity contribution >= 4 is 45.6 Å². The molecule has 0 saturated carbocycles. The number of carbonyl (C=O) groups excluding carboxylic acids is 1. The Kier molecular flexibility index (Phi) is 19.5. The Morgan fingerprint density at radius 3 is 2.21 bits per heavy atom. The van der Waals surface area contributed by atoms with Crippen molar-refractivity contribution in [1.82, 2.24) is 0 Å². The minimum absolute atomic E-state index is 0. The number of carbonyl (C=O) groups is 1. The van der Waals surface area contributed by atoms with Crippen LogP contribution >= 0.6 is 0 Å². The van der Waals surface area contributed by atoms with Gasteiger partial charge < -0.3 is 14.6 Å². The van der Waals surface area contributed by atoms with Crippen LogP contribution in [0.5, 0.6) is 0 Å². The Morgan fingerprint density at radius 1 is 1.26 bits per heavy atom. The third-order valence-corrected chi connectivity index (χ3v) is 2.09. The molecule has 0 aliphatic rings. The zero-order valence-electron chi connectivity index (χ0n) is 9.95. The summed E-state index contributed by atoms with van der Waals surface area (Å²) in [6.07, 6.45) is 2.56. The van der Waals surface area contributed by atoms with Crippen LogP contribution in [0.2, 0.25) is 0 Å². The van der Waals surface area contributed by atoms with E-state index < -0.39 is 16.1 Å². The zero-order chi connectivity index (χ0) is 14.4. The third kappa shape index (κ3) is 27.0. The first kappa shape index (κ1) is 23.7. The van der Waals surface area contributed by atoms with Crippen molar-refractivity contribution in [2.24, 2.45) is 0 Å². The van der Waals surface area contributed by atoms with Crippen LogP contribution < -0.4 is 0 Å². The Balaban J connectivity index is -0.000000262. The number of aliphatic hydroxyl groups excluding tert-OH is 1. The predicted octanol–water partition coefficient (Wildman–Crippen LogP) is -0.516. The summed E-state index contributed by atoms with van der Waals surface area (Å²) < 4.78 is 37.3. The van der Waals surface area contributed by atoms with Crippen molar-refractivity contribution < 1.29 is 32.3 Å². The first-order chi connectivity index (χ1) is 8.37. The van der Waals surface area contributed by atoms with Gasteiger partial charge in [-0.15, -0.1) is 0 Å². The molecule has 9 heteroatoms. The molecule has 0 spiro atoms. The van der Waals surface area contributed by atoms with Crippen LogP contribution in [-0.2, 0) is 24.4 Å². The van der Waals surface area contributed by atoms with Crippen molar-refractivity contribution in [2.45, 2.75) is 6.42 Å². The number of hydrogen-bond donors (Lipinski definition) is 2. The Bertz CT molecular complexity index is 340. The van der Waals surface area contributed by atoms with Crippen LogP contribution in [0.15, 0.2) is 25.5 Å². The second-order valence-corrected chi connectivity index (χ2v) is 4.34. The number of rotatable bonds is 8. The van der Waals surface area contributed by atoms with Crippen LogP contribution in [0.1, 0.15) is 6.42 Å². The van der Waals surface area contributed by atoms with Crippen LogP contribution in [0.4, 0.5) is 0 Å². The van der Waals surface area contributed by atoms with Crippen molar-refractivity contribution in [3.05, 3.63) is 25.5 Å². The SMILES string of the molecule is C=CC(=O)OCCO.C=COCCCS(=O)(=O)O.[NaH]. The first-order valence-corrected chi connectivity index (χ1v) is 6.56. The summed E-state index contributed by atoms with van der Waals surface area (Å²) in [5.74, 6) is -0.764. The van der Waals surface area contributed by atoms with Gasteiger partial charge in [0.1, 0.15) is 6.61 Å². The van der Waals surface area contributed by atoms with E-state index in [1.165, 1.54) is 6.26 Å². The summed E-state index contributed by atoms with van der Waals surface area (Å²) in [7, 11) is -3.82. The van der Waals surface area contributed by atoms with Gasteiger partial charge in [-0.2, -0.15) is 8.42 Å². The second kappa shape index (κ2) is 15.7. The molecule has 0 amide bonds. The summed E-state index contributed by atoms with van der Waals surface area (Å²) in [6.45, 7) is 6.59. The van der Waals surface area contributed by atoms with E-state index in [0.717, 1.165) is 6.08 Å². The summed E-state index contributed by atoms with van der Waals surface area (Å²) in [5, 5.41) is 8.10. The van der Waals surface area contributed by atoms with Gasteiger partial charge in [0.2, 0.25) is 0 Å². The quantitative estimate of drug-likeness (QED) is 0.155. The maximum atomic E-state index is 10.1. The molecule has 7 nitrogen and oxygen atoms in total. The third-order valence-electron chi connectivity index (χ3n) is 1.28. The van der Waals surface area contributed by atoms with Crippen LogP contribution in [0.3, 0.4) is 0 Å². The molecule has 0 aliphatic heterocycles. The van der Waals surface area contributed by atoms with Crippen molar-refractivity contribution in [3.63, 3.8) is 0 Å². The van der Waals surface area contributed by atoms with E-state index in [-0.39, 0.29) is 61.6 Å². The predicted molar refractivity (Wildman–Crippen MR) is 72.6 cm³/mol. The Labute approximate surface area is 135 Å². The van der Waals surface area contributed by atoms with Gasteiger partial charge in [0.05, 0.1) is 25.2 Å². The monoisotopic (exact) mass is 306 g/mol. The molecule has 0 fully saturated rings. The molecular formula is C10H19NaO7S. The van der Waals surface area contributed by atoms with Crippen LogP contribution in [0.25, 0.3) is 0 Å². The molecule has 0 bridgehead atoms. The average molecular weight is 306 g/mol. The molecule has 2 N–H and O–H groups in total. The average Bonchev–Trinajstić information content (AvgIpc) is 2.31. The fraction of sp³-hybridized carbons (Fsp3) is 0.500. The van der Waals surface area contributed by atoms with Crippen LogP contribution in [-0.4, -0.2) is 79.2 Å². The molecule has 0 radical (unpaired) electrons. The van der Waals surface area contributed by atoms with Gasteiger partial charge in [0.25, 0.3) is 10.1 Å². The summed E-state index contributed by atoms with van der Waals surface area (Å²) in [4.78, 5) is 10.1. The van der Waals surface area contributed by atoms with E-state index in [4.69, 9.17) is 9.66 Å². The molecule has 0 aliphatic carbocycles. The zero-order valence-corrected chi connectivity index (χ0v) is 10.8. The molecule has 0 atom stereocenters. The molecule has 19 heavy (non-hydrogen) atoms. The topological polar surface area (TPSA) is 110 Å². The molecular weight excluding hydrogens is 287 g/mol. The molecule has 0 aromatic rings. The van der Waals surface area contributed by atoms with Gasteiger partial charge in [-0.1, -0.05) is 13.2 Å². The fourth-order valence-corrected chi connectivity index (χ4v) is 1.10. The molecule has 0 saturated heterocycles. The van der Waals surface area contributed by atoms with Gasteiger partial charge in [-0.25, -0.2) is 4.79 Å². The Hall–Kier alpha value is -0.380. The fourth-order valence-electron chi connectivity index (χ4n) is 0.613. The maximum absolute atomic E-state index is 10.1. The standard InChI is InChI=1S/C5H10O4S.C5H8O3.Na.H/c1-2-9-4-3-5-10(6,7)8;1-2-5(7)8-4-3-6;;/h2H,1,3-5H2,(H,6,7,8);2,6H,1,3-4H2;;. The van der Waals surface area contributed by atoms with Gasteiger partial charge >= 0.3 is 35.5 Å². The number of ether oxygens (including phenoxy) is 2. The summed E-state index contributed by atoms with van der Waals surface area (Å²) in [6, 6.07) is 0. The summed E-state index contributed by atoms with van der Waals surface area (Å²) >= 11 is 0. The van der Waals surface area contributed by atoms with Crippen molar-refractivity contribution in [2.75, 3.05) is 25.6 Å². The van der Waals surface area contributed by atoms with Gasteiger partial charge in [0.15, 0.2) is 0 Å². The van der Waals surface area contributed by atoms with E-state index >= 15 is 0 Å². The normalized spacial score (nSPS) is 9.16. The molecule has 0 aromatic heterocycles. The van der Waals surface area contributed by atoms with Gasteiger partial charge in [0, 0.05) is 6.08 Å².